The molecule has 0 bridgehead atoms. The highest BCUT2D eigenvalue weighted by molar-refractivity contribution is 6.04. The summed E-state index contributed by atoms with van der Waals surface area (Å²) in [5.74, 6) is 1.91. The summed E-state index contributed by atoms with van der Waals surface area (Å²) in [5.41, 5.74) is 3.41. The number of carbonyl (C=O) groups is 1. The molecule has 0 aliphatic rings. The van der Waals surface area contributed by atoms with E-state index in [1.807, 2.05) is 42.5 Å². The van der Waals surface area contributed by atoms with Crippen molar-refractivity contribution in [3.63, 3.8) is 0 Å². The average molecular weight is 457 g/mol. The van der Waals surface area contributed by atoms with Crippen molar-refractivity contribution in [1.82, 2.24) is 9.97 Å². The van der Waals surface area contributed by atoms with E-state index in [2.05, 4.69) is 20.6 Å². The molecule has 4 rings (SSSR count). The number of hydrogen-bond acceptors (Lipinski definition) is 7. The second kappa shape index (κ2) is 10.4. The van der Waals surface area contributed by atoms with Gasteiger partial charge in [0, 0.05) is 34.6 Å². The molecule has 2 N–H and O–H groups in total. The number of rotatable bonds is 8. The highest BCUT2D eigenvalue weighted by Crippen LogP contribution is 2.40. The van der Waals surface area contributed by atoms with Crippen molar-refractivity contribution < 1.29 is 19.0 Å². The maximum absolute atomic E-state index is 12.5. The van der Waals surface area contributed by atoms with Crippen molar-refractivity contribution in [3.8, 4) is 28.5 Å². The van der Waals surface area contributed by atoms with Crippen LogP contribution in [-0.4, -0.2) is 37.2 Å². The first-order valence-corrected chi connectivity index (χ1v) is 10.5. The number of methoxy groups -OCH3 is 3. The van der Waals surface area contributed by atoms with Crippen LogP contribution in [0.5, 0.6) is 17.2 Å². The van der Waals surface area contributed by atoms with Crippen molar-refractivity contribution in [3.05, 3.63) is 84.7 Å². The largest absolute Gasteiger partial charge is 0.493 e. The third kappa shape index (κ3) is 5.07. The molecule has 8 nitrogen and oxygen atoms in total. The third-order valence-corrected chi connectivity index (χ3v) is 5.02. The second-order valence-corrected chi connectivity index (χ2v) is 7.23. The summed E-state index contributed by atoms with van der Waals surface area (Å²) in [6.07, 6.45) is 3.28. The van der Waals surface area contributed by atoms with Crippen LogP contribution in [0.15, 0.2) is 79.1 Å². The minimum absolute atomic E-state index is 0.179. The lowest BCUT2D eigenvalue weighted by Crippen LogP contribution is -2.11. The maximum atomic E-state index is 12.5. The van der Waals surface area contributed by atoms with Gasteiger partial charge in [-0.3, -0.25) is 9.78 Å². The number of nitrogens with one attached hydrogen (secondary N) is 2. The van der Waals surface area contributed by atoms with Crippen LogP contribution in [-0.2, 0) is 0 Å². The van der Waals surface area contributed by atoms with Gasteiger partial charge in [-0.2, -0.15) is 0 Å². The number of ether oxygens (including phenoxy) is 3. The zero-order valence-electron chi connectivity index (χ0n) is 19.0. The highest BCUT2D eigenvalue weighted by Gasteiger charge is 2.14. The van der Waals surface area contributed by atoms with Gasteiger partial charge in [0.05, 0.1) is 39.4 Å². The molecule has 0 spiro atoms. The molecule has 1 aromatic heterocycles. The fraction of sp³-hybridized carbons (Fsp3) is 0.115. The predicted molar refractivity (Wildman–Crippen MR) is 131 cm³/mol. The summed E-state index contributed by atoms with van der Waals surface area (Å²) in [6.45, 7) is 0. The van der Waals surface area contributed by atoms with Gasteiger partial charge in [0.25, 0.3) is 5.91 Å². The summed E-state index contributed by atoms with van der Waals surface area (Å²) in [5, 5.41) is 6.14. The number of nitrogens with zero attached hydrogens (tertiary/aromatic N) is 2. The Kier molecular flexibility index (Phi) is 6.88. The van der Waals surface area contributed by atoms with Crippen molar-refractivity contribution >= 4 is 23.1 Å². The first kappa shape index (κ1) is 22.6. The molecular formula is C26H24N4O4. The molecule has 1 amide bonds. The Bertz CT molecular complexity index is 1270. The molecule has 0 atom stereocenters. The van der Waals surface area contributed by atoms with Gasteiger partial charge in [-0.05, 0) is 24.3 Å². The lowest BCUT2D eigenvalue weighted by Gasteiger charge is -2.15. The molecule has 172 valence electrons. The molecule has 0 saturated carbocycles. The molecular weight excluding hydrogens is 432 g/mol. The van der Waals surface area contributed by atoms with E-state index in [9.17, 15) is 4.79 Å². The maximum Gasteiger partial charge on any atom is 0.255 e. The van der Waals surface area contributed by atoms with Gasteiger partial charge in [-0.15, -0.1) is 0 Å². The molecule has 0 unspecified atom stereocenters. The third-order valence-electron chi connectivity index (χ3n) is 5.02. The van der Waals surface area contributed by atoms with Gasteiger partial charge in [-0.1, -0.05) is 30.3 Å². The van der Waals surface area contributed by atoms with Gasteiger partial charge < -0.3 is 24.8 Å². The van der Waals surface area contributed by atoms with Crippen molar-refractivity contribution in [2.24, 2.45) is 0 Å². The van der Waals surface area contributed by atoms with Crippen molar-refractivity contribution in [1.29, 1.82) is 0 Å². The standard InChI is InChI=1S/C26H24N4O4/c1-32-22-13-20(14-23(33-2)25(22)34-3)28-24-16-27-15-21(30-24)18-10-7-11-19(12-18)29-26(31)17-8-5-4-6-9-17/h4-16H,1-3H3,(H,28,30)(H,29,31). The highest BCUT2D eigenvalue weighted by atomic mass is 16.5. The first-order valence-electron chi connectivity index (χ1n) is 10.5. The van der Waals surface area contributed by atoms with Crippen LogP contribution in [0.25, 0.3) is 11.3 Å². The zero-order chi connectivity index (χ0) is 23.9. The number of benzene rings is 3. The molecule has 4 aromatic rings. The lowest BCUT2D eigenvalue weighted by molar-refractivity contribution is 0.102. The fourth-order valence-corrected chi connectivity index (χ4v) is 3.42. The van der Waals surface area contributed by atoms with E-state index in [0.717, 1.165) is 5.56 Å². The molecule has 0 aliphatic carbocycles. The molecule has 0 saturated heterocycles. The SMILES string of the molecule is COc1cc(Nc2cncc(-c3cccc(NC(=O)c4ccccc4)c3)n2)cc(OC)c1OC. The van der Waals surface area contributed by atoms with E-state index in [4.69, 9.17) is 14.2 Å². The van der Waals surface area contributed by atoms with Crippen molar-refractivity contribution in [2.75, 3.05) is 32.0 Å². The Hall–Kier alpha value is -4.59. The Morgan fingerprint density at radius 3 is 2.21 bits per heavy atom. The van der Waals surface area contributed by atoms with Gasteiger partial charge >= 0.3 is 0 Å². The molecule has 0 aliphatic heterocycles. The van der Waals surface area contributed by atoms with Crippen LogP contribution in [0.1, 0.15) is 10.4 Å². The lowest BCUT2D eigenvalue weighted by atomic mass is 10.1. The van der Waals surface area contributed by atoms with Crippen LogP contribution in [0, 0.1) is 0 Å². The zero-order valence-corrected chi connectivity index (χ0v) is 19.0. The van der Waals surface area contributed by atoms with E-state index in [-0.39, 0.29) is 5.91 Å². The number of amides is 1. The molecule has 0 fully saturated rings. The van der Waals surface area contributed by atoms with Crippen LogP contribution >= 0.6 is 0 Å². The van der Waals surface area contributed by atoms with E-state index >= 15 is 0 Å². The van der Waals surface area contributed by atoms with Gasteiger partial charge in [0.2, 0.25) is 5.75 Å². The van der Waals surface area contributed by atoms with Crippen LogP contribution in [0.4, 0.5) is 17.2 Å². The molecule has 34 heavy (non-hydrogen) atoms. The minimum atomic E-state index is -0.179. The second-order valence-electron chi connectivity index (χ2n) is 7.23. The Morgan fingerprint density at radius 1 is 0.794 bits per heavy atom. The van der Waals surface area contributed by atoms with Crippen LogP contribution in [0.2, 0.25) is 0 Å². The fourth-order valence-electron chi connectivity index (χ4n) is 3.42. The topological polar surface area (TPSA) is 94.6 Å². The normalized spacial score (nSPS) is 10.3. The van der Waals surface area contributed by atoms with Gasteiger partial charge in [-0.25, -0.2) is 4.98 Å². The Morgan fingerprint density at radius 2 is 1.53 bits per heavy atom. The van der Waals surface area contributed by atoms with Gasteiger partial charge in [0.15, 0.2) is 11.5 Å². The summed E-state index contributed by atoms with van der Waals surface area (Å²) in [7, 11) is 4.68. The monoisotopic (exact) mass is 456 g/mol. The van der Waals surface area contributed by atoms with E-state index in [1.54, 1.807) is 58.0 Å². The van der Waals surface area contributed by atoms with Crippen LogP contribution < -0.4 is 24.8 Å². The van der Waals surface area contributed by atoms with Crippen LogP contribution in [0.3, 0.4) is 0 Å². The smallest absolute Gasteiger partial charge is 0.255 e. The summed E-state index contributed by atoms with van der Waals surface area (Å²) >= 11 is 0. The Labute approximate surface area is 197 Å². The Balaban J connectivity index is 1.56. The number of aromatic nitrogens is 2. The van der Waals surface area contributed by atoms with Crippen molar-refractivity contribution in [2.45, 2.75) is 0 Å². The van der Waals surface area contributed by atoms with E-state index in [1.165, 1.54) is 0 Å². The van der Waals surface area contributed by atoms with E-state index in [0.29, 0.717) is 45.7 Å². The molecule has 8 heteroatoms. The molecule has 1 heterocycles. The number of carbonyl (C=O) groups excluding carboxylic acids is 1. The van der Waals surface area contributed by atoms with E-state index < -0.39 is 0 Å². The summed E-state index contributed by atoms with van der Waals surface area (Å²) in [6, 6.07) is 20.1. The number of anilines is 3. The summed E-state index contributed by atoms with van der Waals surface area (Å²) < 4.78 is 16.2. The molecule has 0 radical (unpaired) electrons. The predicted octanol–water partition coefficient (Wildman–Crippen LogP) is 5.17. The quantitative estimate of drug-likeness (QED) is 0.378. The average Bonchev–Trinajstić information content (AvgIpc) is 2.89. The molecule has 3 aromatic carbocycles. The minimum Gasteiger partial charge on any atom is -0.493 e. The van der Waals surface area contributed by atoms with Gasteiger partial charge in [0.1, 0.15) is 5.82 Å². The summed E-state index contributed by atoms with van der Waals surface area (Å²) in [4.78, 5) is 21.5. The number of hydrogen-bond donors (Lipinski definition) is 2. The first-order chi connectivity index (χ1) is 16.6.